The predicted molar refractivity (Wildman–Crippen MR) is 120 cm³/mol. The molecule has 2 heterocycles. The standard InChI is InChI=1S/C18H26F3N7OS2.Cu/c1-11(24-26-16(30)22-2)15(25-27-17(31)23-3)14-7-6-13(29-14)10-28-8-4-5-12(9-28)18(19,20)21;/h6-7,12H,4-5,8-10H2,1-3H3,(H2,22,26,30)(H2,23,27,31);/q;+2/p-2/b24-11+,25-15-;. The molecule has 2 N–H and O–H groups in total. The summed E-state index contributed by atoms with van der Waals surface area (Å²) < 4.78 is 45.0. The summed E-state index contributed by atoms with van der Waals surface area (Å²) in [5.74, 6) is -0.426. The van der Waals surface area contributed by atoms with E-state index in [-0.39, 0.29) is 46.9 Å². The van der Waals surface area contributed by atoms with Crippen LogP contribution in [0.15, 0.2) is 36.7 Å². The van der Waals surface area contributed by atoms with Crippen molar-refractivity contribution in [3.05, 3.63) is 23.7 Å². The third-order valence-electron chi connectivity index (χ3n) is 4.57. The minimum absolute atomic E-state index is 0. The van der Waals surface area contributed by atoms with Crippen molar-refractivity contribution in [1.29, 1.82) is 0 Å². The molecule has 181 valence electrons. The van der Waals surface area contributed by atoms with Gasteiger partial charge in [-0.3, -0.25) is 25.7 Å². The third kappa shape index (κ3) is 8.66. The number of hydrazone groups is 2. The Balaban J connectivity index is 0.00000512. The molecular formula is C18H24CuF3N7OS2. The molecular weight excluding hydrogens is 515 g/mol. The minimum Gasteiger partial charge on any atom is -0.741 e. The summed E-state index contributed by atoms with van der Waals surface area (Å²) in [6, 6.07) is 3.38. The largest absolute Gasteiger partial charge is 2.00 e. The average molecular weight is 539 g/mol. The Hall–Kier alpha value is -1.73. The molecule has 0 saturated carbocycles. The Bertz CT molecular complexity index is 871. The van der Waals surface area contributed by atoms with Crippen LogP contribution in [0.1, 0.15) is 31.3 Å². The number of nitrogens with zero attached hydrogens (tertiary/aromatic N) is 5. The zero-order valence-corrected chi connectivity index (χ0v) is 20.2. The van der Waals surface area contributed by atoms with Crippen LogP contribution in [-0.4, -0.2) is 60.0 Å². The van der Waals surface area contributed by atoms with Crippen LogP contribution in [0.5, 0.6) is 0 Å². The van der Waals surface area contributed by atoms with Crippen LogP contribution in [0.4, 0.5) is 13.2 Å². The van der Waals surface area contributed by atoms with Gasteiger partial charge in [0.1, 0.15) is 11.5 Å². The van der Waals surface area contributed by atoms with Crippen LogP contribution in [0.2, 0.25) is 0 Å². The van der Waals surface area contributed by atoms with E-state index in [1.54, 1.807) is 24.0 Å². The summed E-state index contributed by atoms with van der Waals surface area (Å²) in [5.41, 5.74) is 5.98. The van der Waals surface area contributed by atoms with Gasteiger partial charge < -0.3 is 29.7 Å². The molecule has 1 unspecified atom stereocenters. The van der Waals surface area contributed by atoms with E-state index in [9.17, 15) is 13.2 Å². The molecule has 1 radical (unpaired) electrons. The first kappa shape index (κ1) is 28.3. The van der Waals surface area contributed by atoms with Gasteiger partial charge in [-0.05, 0) is 48.8 Å². The number of hydrogen-bond acceptors (Lipinski definition) is 8. The minimum atomic E-state index is -4.19. The molecule has 2 rings (SSSR count). The molecule has 0 aliphatic carbocycles. The van der Waals surface area contributed by atoms with Gasteiger partial charge in [0, 0.05) is 20.6 Å². The van der Waals surface area contributed by atoms with E-state index >= 15 is 0 Å². The maximum Gasteiger partial charge on any atom is 2.00 e. The van der Waals surface area contributed by atoms with Crippen molar-refractivity contribution in [3.63, 3.8) is 0 Å². The monoisotopic (exact) mass is 538 g/mol. The second-order valence-corrected chi connectivity index (χ2v) is 7.59. The molecule has 14 heteroatoms. The third-order valence-corrected chi connectivity index (χ3v) is 5.12. The van der Waals surface area contributed by atoms with E-state index in [1.807, 2.05) is 0 Å². The number of aliphatic imine (C=N–C) groups is 2. The van der Waals surface area contributed by atoms with Crippen molar-refractivity contribution < 1.29 is 34.7 Å². The van der Waals surface area contributed by atoms with Crippen molar-refractivity contribution in [1.82, 2.24) is 15.8 Å². The van der Waals surface area contributed by atoms with Gasteiger partial charge in [-0.1, -0.05) is 0 Å². The van der Waals surface area contributed by atoms with Crippen LogP contribution in [0.25, 0.3) is 0 Å². The van der Waals surface area contributed by atoms with Crippen LogP contribution in [0, 0.1) is 5.92 Å². The van der Waals surface area contributed by atoms with Gasteiger partial charge >= 0.3 is 23.2 Å². The summed E-state index contributed by atoms with van der Waals surface area (Å²) in [6.07, 6.45) is -3.54. The van der Waals surface area contributed by atoms with E-state index < -0.39 is 12.1 Å². The number of piperidine rings is 1. The van der Waals surface area contributed by atoms with Gasteiger partial charge in [-0.25, -0.2) is 0 Å². The van der Waals surface area contributed by atoms with Crippen molar-refractivity contribution in [3.8, 4) is 0 Å². The Labute approximate surface area is 206 Å². The van der Waals surface area contributed by atoms with Gasteiger partial charge in [-0.15, -0.1) is 0 Å². The van der Waals surface area contributed by atoms with Crippen molar-refractivity contribution in [2.75, 3.05) is 27.2 Å². The SMILES string of the molecule is CN=C([S-])N/N=C(/C(C)=N/NC([S-])=NC)c1ccc(CN2CCCC(C(F)(F)F)C2)o1.[Cu+2]. The van der Waals surface area contributed by atoms with E-state index in [4.69, 9.17) is 29.7 Å². The molecule has 0 bridgehead atoms. The van der Waals surface area contributed by atoms with Crippen molar-refractivity contribution in [2.24, 2.45) is 26.1 Å². The fraction of sp³-hybridized carbons (Fsp3) is 0.556. The Morgan fingerprint density at radius 2 is 1.78 bits per heavy atom. The second kappa shape index (κ2) is 13.1. The topological polar surface area (TPSA) is 89.9 Å². The summed E-state index contributed by atoms with van der Waals surface area (Å²) in [4.78, 5) is 9.33. The van der Waals surface area contributed by atoms with E-state index in [1.165, 1.54) is 14.1 Å². The van der Waals surface area contributed by atoms with Gasteiger partial charge in [0.25, 0.3) is 0 Å². The van der Waals surface area contributed by atoms with Crippen molar-refractivity contribution >= 4 is 47.0 Å². The van der Waals surface area contributed by atoms with Crippen LogP contribution >= 0.6 is 0 Å². The van der Waals surface area contributed by atoms with Crippen LogP contribution in [-0.2, 0) is 48.9 Å². The molecule has 1 saturated heterocycles. The Morgan fingerprint density at radius 1 is 1.16 bits per heavy atom. The molecule has 1 aliphatic rings. The number of alkyl halides is 3. The van der Waals surface area contributed by atoms with Crippen LogP contribution in [0.3, 0.4) is 0 Å². The Kier molecular flexibility index (Phi) is 11.6. The first-order valence-corrected chi connectivity index (χ1v) is 10.3. The smallest absolute Gasteiger partial charge is 0.741 e. The van der Waals surface area contributed by atoms with Gasteiger partial charge in [0.2, 0.25) is 0 Å². The molecule has 1 aromatic rings. The Morgan fingerprint density at radius 3 is 2.38 bits per heavy atom. The fourth-order valence-corrected chi connectivity index (χ4v) is 3.07. The molecule has 1 atom stereocenters. The summed E-state index contributed by atoms with van der Waals surface area (Å²) in [5, 5.41) is 8.69. The van der Waals surface area contributed by atoms with E-state index in [0.717, 1.165) is 0 Å². The number of nitrogens with one attached hydrogen (secondary N) is 2. The van der Waals surface area contributed by atoms with E-state index in [2.05, 4.69) is 31.0 Å². The summed E-state index contributed by atoms with van der Waals surface area (Å²) >= 11 is 9.93. The molecule has 0 amide bonds. The molecule has 32 heavy (non-hydrogen) atoms. The second-order valence-electron chi connectivity index (χ2n) is 6.82. The molecule has 0 spiro atoms. The number of hydrogen-bond donors (Lipinski definition) is 2. The van der Waals surface area contributed by atoms with Gasteiger partial charge in [0.05, 0.1) is 18.2 Å². The van der Waals surface area contributed by atoms with Gasteiger partial charge in [0.15, 0.2) is 5.76 Å². The number of rotatable bonds is 6. The fourth-order valence-electron chi connectivity index (χ4n) is 2.98. The van der Waals surface area contributed by atoms with Crippen molar-refractivity contribution in [2.45, 2.75) is 32.5 Å². The quantitative estimate of drug-likeness (QED) is 0.190. The summed E-state index contributed by atoms with van der Waals surface area (Å²) in [6.45, 7) is 2.48. The van der Waals surface area contributed by atoms with E-state index in [0.29, 0.717) is 35.9 Å². The maximum atomic E-state index is 13.1. The van der Waals surface area contributed by atoms with Crippen LogP contribution < -0.4 is 10.9 Å². The zero-order chi connectivity index (χ0) is 23.0. The van der Waals surface area contributed by atoms with Gasteiger partial charge in [-0.2, -0.15) is 23.4 Å². The first-order chi connectivity index (χ1) is 14.6. The number of furan rings is 1. The number of halogens is 3. The summed E-state index contributed by atoms with van der Waals surface area (Å²) in [7, 11) is 3.05. The molecule has 8 nitrogen and oxygen atoms in total. The zero-order valence-electron chi connectivity index (χ0n) is 17.7. The molecule has 1 aliphatic heterocycles. The first-order valence-electron chi connectivity index (χ1n) is 9.44. The molecule has 0 aromatic carbocycles. The maximum absolute atomic E-state index is 13.1. The average Bonchev–Trinajstić information content (AvgIpc) is 3.19. The normalized spacial score (nSPS) is 19.5. The number of likely N-dealkylation sites (tertiary alicyclic amines) is 1. The molecule has 1 fully saturated rings. The number of amidine groups is 2. The predicted octanol–water partition coefficient (Wildman–Crippen LogP) is 2.38. The molecule has 1 aromatic heterocycles.